The molecule has 5 nitrogen and oxygen atoms in total. The van der Waals surface area contributed by atoms with Crippen LogP contribution in [0.2, 0.25) is 10.0 Å². The number of methoxy groups -OCH3 is 1. The van der Waals surface area contributed by atoms with Crippen LogP contribution in [0.4, 0.5) is 10.5 Å². The van der Waals surface area contributed by atoms with Crippen molar-refractivity contribution in [2.24, 2.45) is 0 Å². The van der Waals surface area contributed by atoms with Crippen molar-refractivity contribution in [1.82, 2.24) is 10.2 Å². The molecule has 3 rings (SSSR count). The molecule has 1 heterocycles. The monoisotopic (exact) mass is 411 g/mol. The first-order chi connectivity index (χ1) is 13.1. The highest BCUT2D eigenvalue weighted by Crippen LogP contribution is 2.33. The molecule has 0 saturated carbocycles. The molecule has 1 N–H and O–H groups in total. The molecule has 1 unspecified atom stereocenters. The maximum absolute atomic E-state index is 11.3. The second kappa shape index (κ2) is 9.67. The molecule has 27 heavy (non-hydrogen) atoms. The van der Waals surface area contributed by atoms with Gasteiger partial charge < -0.3 is 15.0 Å². The number of nitrogens with one attached hydrogen (secondary N) is 1. The second-order valence-corrected chi connectivity index (χ2v) is 7.91. The van der Waals surface area contributed by atoms with Gasteiger partial charge in [-0.3, -0.25) is 4.90 Å². The molecule has 1 amide bonds. The van der Waals surface area contributed by atoms with Crippen molar-refractivity contribution in [3.63, 3.8) is 0 Å². The lowest BCUT2D eigenvalue weighted by Gasteiger charge is -2.37. The molecular weight excluding hydrogens is 385 g/mol. The Morgan fingerprint density at radius 2 is 2.04 bits per heavy atom. The first-order valence-electron chi connectivity index (χ1n) is 9.50. The smallest absolute Gasteiger partial charge is 0.407 e. The number of hydrogen-bond donors (Lipinski definition) is 1. The van der Waals surface area contributed by atoms with Crippen LogP contribution >= 0.6 is 23.2 Å². The van der Waals surface area contributed by atoms with E-state index in [1.807, 2.05) is 18.2 Å². The molecule has 148 valence electrons. The second-order valence-electron chi connectivity index (χ2n) is 7.12. The maximum Gasteiger partial charge on any atom is 0.407 e. The summed E-state index contributed by atoms with van der Waals surface area (Å²) in [7, 11) is 1.40. The molecule has 0 aromatic heterocycles. The Bertz CT molecular complexity index is 688. The minimum absolute atomic E-state index is 0.201. The van der Waals surface area contributed by atoms with Crippen molar-refractivity contribution < 1.29 is 9.53 Å². The summed E-state index contributed by atoms with van der Waals surface area (Å²) in [6.07, 6.45) is 5.98. The molecule has 1 aliphatic heterocycles. The standard InChI is InChI=1S/C20H27Cl2N3O2/c1-27-20(26)23-16-7-5-15(6-8-16)9-10-24-11-13-25(14-12-24)18-4-2-3-17(21)19(18)22/h2-5,16H,6-14H2,1H3,(H,23,26). The van der Waals surface area contributed by atoms with Crippen LogP contribution in [-0.4, -0.2) is 56.9 Å². The Morgan fingerprint density at radius 3 is 2.70 bits per heavy atom. The van der Waals surface area contributed by atoms with Gasteiger partial charge in [0.1, 0.15) is 0 Å². The Morgan fingerprint density at radius 1 is 1.26 bits per heavy atom. The SMILES string of the molecule is COC(=O)NC1CC=C(CCN2CCN(c3cccc(Cl)c3Cl)CC2)CC1. The lowest BCUT2D eigenvalue weighted by atomic mass is 9.93. The summed E-state index contributed by atoms with van der Waals surface area (Å²) in [5.41, 5.74) is 2.53. The van der Waals surface area contributed by atoms with Crippen molar-refractivity contribution >= 4 is 35.0 Å². The summed E-state index contributed by atoms with van der Waals surface area (Å²) < 4.78 is 4.66. The zero-order valence-corrected chi connectivity index (χ0v) is 17.2. The molecule has 7 heteroatoms. The van der Waals surface area contributed by atoms with Crippen LogP contribution < -0.4 is 10.2 Å². The average Bonchev–Trinajstić information content (AvgIpc) is 2.70. The third-order valence-corrected chi connectivity index (χ3v) is 6.21. The van der Waals surface area contributed by atoms with Gasteiger partial charge >= 0.3 is 6.09 Å². The van der Waals surface area contributed by atoms with Gasteiger partial charge in [-0.15, -0.1) is 0 Å². The van der Waals surface area contributed by atoms with E-state index in [-0.39, 0.29) is 12.1 Å². The van der Waals surface area contributed by atoms with Gasteiger partial charge in [0.05, 0.1) is 22.8 Å². The zero-order chi connectivity index (χ0) is 19.2. The van der Waals surface area contributed by atoms with Crippen LogP contribution in [0.15, 0.2) is 29.8 Å². The maximum atomic E-state index is 11.3. The Labute approximate surface area is 171 Å². The van der Waals surface area contributed by atoms with Crippen LogP contribution in [0.3, 0.4) is 0 Å². The molecular formula is C20H27Cl2N3O2. The van der Waals surface area contributed by atoms with E-state index in [0.717, 1.165) is 64.1 Å². The number of rotatable bonds is 5. The summed E-state index contributed by atoms with van der Waals surface area (Å²) >= 11 is 12.5. The topological polar surface area (TPSA) is 44.8 Å². The highest BCUT2D eigenvalue weighted by Gasteiger charge is 2.21. The number of carbonyl (C=O) groups is 1. The van der Waals surface area contributed by atoms with Gasteiger partial charge in [0.15, 0.2) is 0 Å². The molecule has 1 aromatic rings. The molecule has 0 bridgehead atoms. The number of hydrogen-bond acceptors (Lipinski definition) is 4. The van der Waals surface area contributed by atoms with Crippen LogP contribution in [0.5, 0.6) is 0 Å². The average molecular weight is 412 g/mol. The van der Waals surface area contributed by atoms with Gasteiger partial charge in [-0.05, 0) is 37.8 Å². The summed E-state index contributed by atoms with van der Waals surface area (Å²) in [4.78, 5) is 16.1. The predicted molar refractivity (Wildman–Crippen MR) is 111 cm³/mol. The largest absolute Gasteiger partial charge is 0.453 e. The van der Waals surface area contributed by atoms with Gasteiger partial charge in [0.25, 0.3) is 0 Å². The minimum atomic E-state index is -0.338. The fourth-order valence-electron chi connectivity index (χ4n) is 3.72. The van der Waals surface area contributed by atoms with Gasteiger partial charge in [0.2, 0.25) is 0 Å². The van der Waals surface area contributed by atoms with Crippen molar-refractivity contribution in [2.75, 3.05) is 44.7 Å². The van der Waals surface area contributed by atoms with Crippen LogP contribution in [0, 0.1) is 0 Å². The highest BCUT2D eigenvalue weighted by atomic mass is 35.5. The molecule has 0 spiro atoms. The van der Waals surface area contributed by atoms with Crippen LogP contribution in [0.1, 0.15) is 25.7 Å². The predicted octanol–water partition coefficient (Wildman–Crippen LogP) is 4.34. The molecule has 1 aromatic carbocycles. The first kappa shape index (κ1) is 20.3. The molecule has 1 fully saturated rings. The van der Waals surface area contributed by atoms with E-state index < -0.39 is 0 Å². The summed E-state index contributed by atoms with van der Waals surface area (Å²) in [5, 5.41) is 4.14. The molecule has 1 atom stereocenters. The van der Waals surface area contributed by atoms with E-state index in [4.69, 9.17) is 23.2 Å². The number of piperazine rings is 1. The van der Waals surface area contributed by atoms with Crippen LogP contribution in [-0.2, 0) is 4.74 Å². The fourth-order valence-corrected chi connectivity index (χ4v) is 4.14. The zero-order valence-electron chi connectivity index (χ0n) is 15.7. The van der Waals surface area contributed by atoms with Gasteiger partial charge in [0, 0.05) is 38.8 Å². The number of halogens is 2. The van der Waals surface area contributed by atoms with Crippen molar-refractivity contribution in [3.8, 4) is 0 Å². The van der Waals surface area contributed by atoms with Crippen molar-refractivity contribution in [3.05, 3.63) is 39.9 Å². The molecule has 0 radical (unpaired) electrons. The van der Waals surface area contributed by atoms with E-state index in [1.165, 1.54) is 12.7 Å². The normalized spacial score (nSPS) is 20.9. The third-order valence-electron chi connectivity index (χ3n) is 5.41. The number of anilines is 1. The number of nitrogens with zero attached hydrogens (tertiary/aromatic N) is 2. The summed E-state index contributed by atoms with van der Waals surface area (Å²) in [5.74, 6) is 0. The van der Waals surface area contributed by atoms with Gasteiger partial charge in [-0.1, -0.05) is 40.9 Å². The molecule has 1 saturated heterocycles. The summed E-state index contributed by atoms with van der Waals surface area (Å²) in [6.45, 7) is 5.07. The number of carbonyl (C=O) groups excluding carboxylic acids is 1. The third kappa shape index (κ3) is 5.53. The highest BCUT2D eigenvalue weighted by molar-refractivity contribution is 6.43. The van der Waals surface area contributed by atoms with Crippen molar-refractivity contribution in [2.45, 2.75) is 31.7 Å². The van der Waals surface area contributed by atoms with E-state index in [1.54, 1.807) is 0 Å². The minimum Gasteiger partial charge on any atom is -0.453 e. The van der Waals surface area contributed by atoms with E-state index in [0.29, 0.717) is 10.0 Å². The number of amides is 1. The number of benzene rings is 1. The van der Waals surface area contributed by atoms with E-state index >= 15 is 0 Å². The Kier molecular flexibility index (Phi) is 7.27. The number of alkyl carbamates (subject to hydrolysis) is 1. The molecule has 2 aliphatic rings. The van der Waals surface area contributed by atoms with E-state index in [9.17, 15) is 4.79 Å². The molecule has 1 aliphatic carbocycles. The van der Waals surface area contributed by atoms with Gasteiger partial charge in [-0.2, -0.15) is 0 Å². The van der Waals surface area contributed by atoms with Crippen LogP contribution in [0.25, 0.3) is 0 Å². The van der Waals surface area contributed by atoms with Gasteiger partial charge in [-0.25, -0.2) is 4.79 Å². The van der Waals surface area contributed by atoms with E-state index in [2.05, 4.69) is 25.9 Å². The lowest BCUT2D eigenvalue weighted by Crippen LogP contribution is -2.46. The Hall–Kier alpha value is -1.43. The van der Waals surface area contributed by atoms with Crippen molar-refractivity contribution in [1.29, 1.82) is 0 Å². The summed E-state index contributed by atoms with van der Waals surface area (Å²) in [6, 6.07) is 6.02. The quantitative estimate of drug-likeness (QED) is 0.731. The Balaban J connectivity index is 1.41. The number of ether oxygens (including phenoxy) is 1. The first-order valence-corrected chi connectivity index (χ1v) is 10.3. The fraction of sp³-hybridized carbons (Fsp3) is 0.550. The lowest BCUT2D eigenvalue weighted by molar-refractivity contribution is 0.165.